The monoisotopic (exact) mass is 312 g/mol. The van der Waals surface area contributed by atoms with Gasteiger partial charge in [-0.2, -0.15) is 0 Å². The van der Waals surface area contributed by atoms with E-state index in [2.05, 4.69) is 6.92 Å². The summed E-state index contributed by atoms with van der Waals surface area (Å²) in [7, 11) is 0. The number of phenolic OH excluding ortho intramolecular Hbond substituents is 2. The minimum atomic E-state index is -0.239. The molecule has 0 bridgehead atoms. The first-order valence-corrected chi connectivity index (χ1v) is 8.27. The van der Waals surface area contributed by atoms with Gasteiger partial charge in [-0.3, -0.25) is 4.79 Å². The normalized spacial score (nSPS) is 10.7. The summed E-state index contributed by atoms with van der Waals surface area (Å²) < 4.78 is 0. The topological polar surface area (TPSA) is 57.5 Å². The summed E-state index contributed by atoms with van der Waals surface area (Å²) in [5.74, 6) is -0.496. The number of rotatable bonds is 8. The molecule has 0 amide bonds. The molecule has 0 aliphatic carbocycles. The van der Waals surface area contributed by atoms with Crippen LogP contribution in [0.15, 0.2) is 42.5 Å². The fourth-order valence-corrected chi connectivity index (χ4v) is 2.62. The number of hydrogen-bond acceptors (Lipinski definition) is 3. The molecule has 2 N–H and O–H groups in total. The van der Waals surface area contributed by atoms with Gasteiger partial charge in [0.2, 0.25) is 0 Å². The van der Waals surface area contributed by atoms with E-state index in [9.17, 15) is 15.0 Å². The van der Waals surface area contributed by atoms with E-state index >= 15 is 0 Å². The maximum atomic E-state index is 12.4. The molecule has 122 valence electrons. The zero-order chi connectivity index (χ0) is 16.7. The summed E-state index contributed by atoms with van der Waals surface area (Å²) in [5.41, 5.74) is 1.98. The van der Waals surface area contributed by atoms with Crippen LogP contribution in [0.25, 0.3) is 0 Å². The molecule has 0 radical (unpaired) electrons. The van der Waals surface area contributed by atoms with E-state index in [-0.39, 0.29) is 22.8 Å². The molecule has 0 atom stereocenters. The van der Waals surface area contributed by atoms with Crippen molar-refractivity contribution in [3.63, 3.8) is 0 Å². The molecule has 0 aliphatic heterocycles. The molecule has 2 rings (SSSR count). The van der Waals surface area contributed by atoms with Crippen LogP contribution in [0, 0.1) is 0 Å². The van der Waals surface area contributed by atoms with Crippen molar-refractivity contribution in [2.75, 3.05) is 0 Å². The van der Waals surface area contributed by atoms with Crippen molar-refractivity contribution >= 4 is 5.78 Å². The Morgan fingerprint density at radius 1 is 0.913 bits per heavy atom. The van der Waals surface area contributed by atoms with Crippen LogP contribution >= 0.6 is 0 Å². The summed E-state index contributed by atoms with van der Waals surface area (Å²) in [4.78, 5) is 12.4. The molecule has 0 heterocycles. The van der Waals surface area contributed by atoms with Crippen molar-refractivity contribution in [1.29, 1.82) is 0 Å². The number of phenols is 2. The molecular weight excluding hydrogens is 288 g/mol. The van der Waals surface area contributed by atoms with Gasteiger partial charge in [0.25, 0.3) is 0 Å². The number of aromatic hydroxyl groups is 2. The molecular formula is C20H24O3. The van der Waals surface area contributed by atoms with Gasteiger partial charge in [0, 0.05) is 11.6 Å². The van der Waals surface area contributed by atoms with Gasteiger partial charge < -0.3 is 10.2 Å². The van der Waals surface area contributed by atoms with Crippen LogP contribution in [0.1, 0.15) is 60.5 Å². The van der Waals surface area contributed by atoms with Gasteiger partial charge in [-0.25, -0.2) is 0 Å². The van der Waals surface area contributed by atoms with Gasteiger partial charge in [-0.15, -0.1) is 0 Å². The molecule has 0 spiro atoms. The zero-order valence-corrected chi connectivity index (χ0v) is 13.6. The maximum absolute atomic E-state index is 12.4. The number of ketones is 1. The fraction of sp³-hybridized carbons (Fsp3) is 0.350. The van der Waals surface area contributed by atoms with E-state index in [0.717, 1.165) is 6.42 Å². The highest BCUT2D eigenvalue weighted by Crippen LogP contribution is 2.25. The van der Waals surface area contributed by atoms with Gasteiger partial charge in [-0.05, 0) is 30.5 Å². The minimum Gasteiger partial charge on any atom is -0.508 e. The van der Waals surface area contributed by atoms with Crippen LogP contribution in [0.2, 0.25) is 0 Å². The molecule has 0 saturated heterocycles. The number of benzene rings is 2. The van der Waals surface area contributed by atoms with Crippen LogP contribution in [-0.4, -0.2) is 16.0 Å². The largest absolute Gasteiger partial charge is 0.508 e. The average molecular weight is 312 g/mol. The molecule has 23 heavy (non-hydrogen) atoms. The molecule has 0 fully saturated rings. The SMILES string of the molecule is CCCCCCCc1ccc(C(=O)c2ccc(O)cc2O)cc1. The van der Waals surface area contributed by atoms with Gasteiger partial charge in [-0.1, -0.05) is 56.9 Å². The molecule has 0 aromatic heterocycles. The van der Waals surface area contributed by atoms with E-state index in [1.807, 2.05) is 12.1 Å². The standard InChI is InChI=1S/C20H24O3/c1-2-3-4-5-6-7-15-8-10-16(11-9-15)20(23)18-13-12-17(21)14-19(18)22/h8-14,21-22H,2-7H2,1H3. The number of hydrogen-bond donors (Lipinski definition) is 2. The van der Waals surface area contributed by atoms with E-state index < -0.39 is 0 Å². The Kier molecular flexibility index (Phi) is 6.21. The Labute approximate surface area is 137 Å². The van der Waals surface area contributed by atoms with Crippen molar-refractivity contribution in [3.05, 3.63) is 59.2 Å². The highest BCUT2D eigenvalue weighted by Gasteiger charge is 2.13. The van der Waals surface area contributed by atoms with E-state index in [4.69, 9.17) is 0 Å². The van der Waals surface area contributed by atoms with Gasteiger partial charge in [0.05, 0.1) is 5.56 Å². The third-order valence-corrected chi connectivity index (χ3v) is 4.01. The minimum absolute atomic E-state index is 0.0579. The molecule has 0 unspecified atom stereocenters. The molecule has 2 aromatic rings. The Hall–Kier alpha value is -2.29. The summed E-state index contributed by atoms with van der Waals surface area (Å²) >= 11 is 0. The molecule has 3 heteroatoms. The lowest BCUT2D eigenvalue weighted by atomic mass is 9.99. The van der Waals surface area contributed by atoms with Crippen LogP contribution in [0.3, 0.4) is 0 Å². The molecule has 3 nitrogen and oxygen atoms in total. The molecule has 2 aromatic carbocycles. The summed E-state index contributed by atoms with van der Waals surface area (Å²) in [6.45, 7) is 2.21. The van der Waals surface area contributed by atoms with E-state index in [0.29, 0.717) is 5.56 Å². The Bertz CT molecular complexity index is 644. The number of carbonyl (C=O) groups is 1. The lowest BCUT2D eigenvalue weighted by molar-refractivity contribution is 0.103. The zero-order valence-electron chi connectivity index (χ0n) is 13.6. The van der Waals surface area contributed by atoms with E-state index in [1.165, 1.54) is 55.9 Å². The molecule has 0 saturated carbocycles. The first kappa shape index (κ1) is 17.1. The summed E-state index contributed by atoms with van der Waals surface area (Å²) in [5, 5.41) is 19.1. The third-order valence-electron chi connectivity index (χ3n) is 4.01. The Balaban J connectivity index is 1.97. The fourth-order valence-electron chi connectivity index (χ4n) is 2.62. The predicted octanol–water partition coefficient (Wildman–Crippen LogP) is 4.84. The quantitative estimate of drug-likeness (QED) is 0.541. The smallest absolute Gasteiger partial charge is 0.196 e. The van der Waals surface area contributed by atoms with Gasteiger partial charge >= 0.3 is 0 Å². The van der Waals surface area contributed by atoms with Crippen LogP contribution in [0.5, 0.6) is 11.5 Å². The molecule has 0 aliphatic rings. The van der Waals surface area contributed by atoms with E-state index in [1.54, 1.807) is 12.1 Å². The first-order valence-electron chi connectivity index (χ1n) is 8.27. The lowest BCUT2D eigenvalue weighted by Crippen LogP contribution is -2.01. The second-order valence-electron chi connectivity index (χ2n) is 5.89. The number of aryl methyl sites for hydroxylation is 1. The third kappa shape index (κ3) is 4.85. The van der Waals surface area contributed by atoms with Crippen molar-refractivity contribution in [2.45, 2.75) is 45.4 Å². The number of carbonyl (C=O) groups excluding carboxylic acids is 1. The lowest BCUT2D eigenvalue weighted by Gasteiger charge is -2.06. The summed E-state index contributed by atoms with van der Waals surface area (Å²) in [6, 6.07) is 11.6. The van der Waals surface area contributed by atoms with Crippen LogP contribution in [-0.2, 0) is 6.42 Å². The number of unbranched alkanes of at least 4 members (excludes halogenated alkanes) is 4. The average Bonchev–Trinajstić information content (AvgIpc) is 2.55. The van der Waals surface area contributed by atoms with Crippen molar-refractivity contribution in [1.82, 2.24) is 0 Å². The Morgan fingerprint density at radius 3 is 2.26 bits per heavy atom. The van der Waals surface area contributed by atoms with Gasteiger partial charge in [0.15, 0.2) is 5.78 Å². The predicted molar refractivity (Wildman–Crippen MR) is 92.1 cm³/mol. The first-order chi connectivity index (χ1) is 11.1. The van der Waals surface area contributed by atoms with Crippen LogP contribution in [0.4, 0.5) is 0 Å². The highest BCUT2D eigenvalue weighted by atomic mass is 16.3. The van der Waals surface area contributed by atoms with Crippen LogP contribution < -0.4 is 0 Å². The second kappa shape index (κ2) is 8.37. The second-order valence-corrected chi connectivity index (χ2v) is 5.89. The highest BCUT2D eigenvalue weighted by molar-refractivity contribution is 6.10. The summed E-state index contributed by atoms with van der Waals surface area (Å²) in [6.07, 6.45) is 7.28. The Morgan fingerprint density at radius 2 is 1.61 bits per heavy atom. The van der Waals surface area contributed by atoms with Gasteiger partial charge in [0.1, 0.15) is 11.5 Å². The van der Waals surface area contributed by atoms with Crippen molar-refractivity contribution in [2.24, 2.45) is 0 Å². The van der Waals surface area contributed by atoms with Crippen molar-refractivity contribution in [3.8, 4) is 11.5 Å². The van der Waals surface area contributed by atoms with Crippen molar-refractivity contribution < 1.29 is 15.0 Å². The maximum Gasteiger partial charge on any atom is 0.196 e.